The number of nitrogens with zero attached hydrogens (tertiary/aromatic N) is 1. The van der Waals surface area contributed by atoms with Crippen LogP contribution < -0.4 is 4.74 Å². The fourth-order valence-electron chi connectivity index (χ4n) is 1.69. The summed E-state index contributed by atoms with van der Waals surface area (Å²) in [5.41, 5.74) is -0.531. The van der Waals surface area contributed by atoms with E-state index in [1.54, 1.807) is 18.2 Å². The molecule has 0 aliphatic heterocycles. The third kappa shape index (κ3) is 4.77. The molecule has 2 aromatic rings. The van der Waals surface area contributed by atoms with E-state index in [1.165, 1.54) is 13.8 Å². The van der Waals surface area contributed by atoms with Crippen molar-refractivity contribution in [1.29, 1.82) is 0 Å². The average molecular weight is 307 g/mol. The Morgan fingerprint density at radius 3 is 2.45 bits per heavy atom. The molecule has 3 nitrogen and oxygen atoms in total. The fourth-order valence-corrected chi connectivity index (χ4v) is 1.69. The lowest BCUT2D eigenvalue weighted by atomic mass is 9.96. The first kappa shape index (κ1) is 16.4. The van der Waals surface area contributed by atoms with Crippen LogP contribution in [0.2, 0.25) is 0 Å². The summed E-state index contributed by atoms with van der Waals surface area (Å²) < 4.78 is 36.4. The molecule has 2 rings (SSSR count). The van der Waals surface area contributed by atoms with Crippen LogP contribution in [0.4, 0.5) is 8.78 Å². The summed E-state index contributed by atoms with van der Waals surface area (Å²) >= 11 is 0. The minimum absolute atomic E-state index is 0.0316. The Balaban J connectivity index is 1.92. The van der Waals surface area contributed by atoms with Crippen molar-refractivity contribution >= 4 is 0 Å². The summed E-state index contributed by atoms with van der Waals surface area (Å²) in [6, 6.07) is 14.6. The summed E-state index contributed by atoms with van der Waals surface area (Å²) in [5.74, 6) is 1.13. The summed E-state index contributed by atoms with van der Waals surface area (Å²) in [7, 11) is 0. The molecule has 118 valence electrons. The minimum atomic E-state index is -2.42. The van der Waals surface area contributed by atoms with E-state index in [4.69, 9.17) is 9.47 Å². The summed E-state index contributed by atoms with van der Waals surface area (Å²) in [5, 5.41) is 0. The highest BCUT2D eigenvalue weighted by Gasteiger charge is 2.29. The minimum Gasteiger partial charge on any atom is -0.439 e. The maximum Gasteiger partial charge on any atom is 0.245 e. The molecule has 22 heavy (non-hydrogen) atoms. The molecular formula is C17H19F2NO2. The van der Waals surface area contributed by atoms with Gasteiger partial charge in [0, 0.05) is 11.5 Å². The molecule has 0 aliphatic carbocycles. The van der Waals surface area contributed by atoms with Gasteiger partial charge in [-0.3, -0.25) is 0 Å². The van der Waals surface area contributed by atoms with Crippen molar-refractivity contribution in [3.05, 3.63) is 54.2 Å². The van der Waals surface area contributed by atoms with Gasteiger partial charge in [0.1, 0.15) is 5.75 Å². The van der Waals surface area contributed by atoms with Gasteiger partial charge in [0.05, 0.1) is 18.9 Å². The number of alkyl halides is 2. The molecule has 0 N–H and O–H groups in total. The highest BCUT2D eigenvalue weighted by molar-refractivity contribution is 5.27. The topological polar surface area (TPSA) is 31.4 Å². The van der Waals surface area contributed by atoms with Crippen molar-refractivity contribution < 1.29 is 18.3 Å². The lowest BCUT2D eigenvalue weighted by molar-refractivity contribution is -0.0485. The molecule has 0 unspecified atom stereocenters. The molecule has 1 aromatic heterocycles. The first-order valence-corrected chi connectivity index (χ1v) is 7.02. The molecule has 0 aliphatic rings. The third-order valence-corrected chi connectivity index (χ3v) is 3.06. The van der Waals surface area contributed by atoms with Crippen molar-refractivity contribution in [1.82, 2.24) is 4.98 Å². The van der Waals surface area contributed by atoms with Crippen LogP contribution in [0.15, 0.2) is 48.5 Å². The Kier molecular flexibility index (Phi) is 5.44. The zero-order valence-electron chi connectivity index (χ0n) is 12.6. The van der Waals surface area contributed by atoms with E-state index in [9.17, 15) is 8.78 Å². The highest BCUT2D eigenvalue weighted by atomic mass is 19.3. The number of rotatable bonds is 7. The van der Waals surface area contributed by atoms with Gasteiger partial charge in [-0.25, -0.2) is 13.8 Å². The van der Waals surface area contributed by atoms with Gasteiger partial charge in [-0.05, 0) is 18.2 Å². The van der Waals surface area contributed by atoms with Crippen molar-refractivity contribution in [3.63, 3.8) is 0 Å². The Morgan fingerprint density at radius 1 is 1.05 bits per heavy atom. The Morgan fingerprint density at radius 2 is 1.77 bits per heavy atom. The van der Waals surface area contributed by atoms with Gasteiger partial charge in [0.2, 0.25) is 12.3 Å². The van der Waals surface area contributed by atoms with Crippen LogP contribution in [0.25, 0.3) is 0 Å². The number of hydrogen-bond donors (Lipinski definition) is 0. The fraction of sp³-hybridized carbons (Fsp3) is 0.353. The average Bonchev–Trinajstić information content (AvgIpc) is 2.48. The molecule has 0 fully saturated rings. The Hall–Kier alpha value is -2.01. The quantitative estimate of drug-likeness (QED) is 0.744. The molecule has 5 heteroatoms. The predicted octanol–water partition coefficient (Wildman–Crippen LogP) is 4.68. The van der Waals surface area contributed by atoms with Crippen molar-refractivity contribution in [2.24, 2.45) is 5.41 Å². The van der Waals surface area contributed by atoms with Crippen LogP contribution in [0.1, 0.15) is 19.5 Å². The second kappa shape index (κ2) is 7.31. The van der Waals surface area contributed by atoms with Crippen LogP contribution in [-0.2, 0) is 11.3 Å². The molecule has 0 amide bonds. The van der Waals surface area contributed by atoms with E-state index in [1.807, 2.05) is 30.3 Å². The smallest absolute Gasteiger partial charge is 0.245 e. The van der Waals surface area contributed by atoms with Crippen molar-refractivity contribution in [3.8, 4) is 11.6 Å². The van der Waals surface area contributed by atoms with E-state index in [-0.39, 0.29) is 13.2 Å². The largest absolute Gasteiger partial charge is 0.439 e. The zero-order valence-corrected chi connectivity index (χ0v) is 12.6. The second-order valence-electron chi connectivity index (χ2n) is 5.66. The number of hydrogen-bond acceptors (Lipinski definition) is 3. The zero-order chi connectivity index (χ0) is 16.0. The highest BCUT2D eigenvalue weighted by Crippen LogP contribution is 2.25. The molecule has 1 aromatic carbocycles. The summed E-state index contributed by atoms with van der Waals surface area (Å²) in [6.45, 7) is 3.08. The van der Waals surface area contributed by atoms with Gasteiger partial charge in [-0.15, -0.1) is 0 Å². The van der Waals surface area contributed by atoms with E-state index < -0.39 is 11.8 Å². The molecule has 0 saturated carbocycles. The maximum atomic E-state index is 12.7. The Labute approximate surface area is 128 Å². The number of aromatic nitrogens is 1. The van der Waals surface area contributed by atoms with E-state index in [0.29, 0.717) is 17.3 Å². The molecule has 1 heterocycles. The molecular weight excluding hydrogens is 288 g/mol. The Bertz CT molecular complexity index is 588. The van der Waals surface area contributed by atoms with E-state index in [0.717, 1.165) is 0 Å². The standard InChI is InChI=1S/C17H19F2NO2/c1-17(2,16(18)19)12-21-11-13-7-6-10-15(20-13)22-14-8-4-3-5-9-14/h3-10,16H,11-12H2,1-2H3. The molecule has 0 atom stereocenters. The number of halogens is 2. The predicted molar refractivity (Wildman–Crippen MR) is 80.2 cm³/mol. The van der Waals surface area contributed by atoms with Gasteiger partial charge in [-0.2, -0.15) is 0 Å². The van der Waals surface area contributed by atoms with Crippen molar-refractivity contribution in [2.75, 3.05) is 6.61 Å². The lowest BCUT2D eigenvalue weighted by Crippen LogP contribution is -2.27. The van der Waals surface area contributed by atoms with Crippen LogP contribution in [0.3, 0.4) is 0 Å². The maximum absolute atomic E-state index is 12.7. The third-order valence-electron chi connectivity index (χ3n) is 3.06. The SMILES string of the molecule is CC(C)(COCc1cccc(Oc2ccccc2)n1)C(F)F. The lowest BCUT2D eigenvalue weighted by Gasteiger charge is -2.22. The van der Waals surface area contributed by atoms with Crippen LogP contribution in [0, 0.1) is 5.41 Å². The van der Waals surface area contributed by atoms with E-state index in [2.05, 4.69) is 4.98 Å². The van der Waals surface area contributed by atoms with Crippen LogP contribution >= 0.6 is 0 Å². The first-order valence-electron chi connectivity index (χ1n) is 7.02. The monoisotopic (exact) mass is 307 g/mol. The summed E-state index contributed by atoms with van der Waals surface area (Å²) in [4.78, 5) is 4.30. The van der Waals surface area contributed by atoms with Gasteiger partial charge >= 0.3 is 0 Å². The van der Waals surface area contributed by atoms with Crippen molar-refractivity contribution in [2.45, 2.75) is 26.9 Å². The summed E-state index contributed by atoms with van der Waals surface area (Å²) in [6.07, 6.45) is -2.42. The second-order valence-corrected chi connectivity index (χ2v) is 5.66. The van der Waals surface area contributed by atoms with Crippen LogP contribution in [-0.4, -0.2) is 18.0 Å². The molecule has 0 radical (unpaired) electrons. The number of pyridine rings is 1. The van der Waals surface area contributed by atoms with Gasteiger partial charge in [0.15, 0.2) is 0 Å². The normalized spacial score (nSPS) is 11.7. The number of benzene rings is 1. The number of ether oxygens (including phenoxy) is 2. The van der Waals surface area contributed by atoms with Crippen LogP contribution in [0.5, 0.6) is 11.6 Å². The van der Waals surface area contributed by atoms with Gasteiger partial charge < -0.3 is 9.47 Å². The molecule has 0 spiro atoms. The van der Waals surface area contributed by atoms with Gasteiger partial charge in [-0.1, -0.05) is 38.1 Å². The first-order chi connectivity index (χ1) is 10.5. The van der Waals surface area contributed by atoms with E-state index >= 15 is 0 Å². The molecule has 0 saturated heterocycles. The number of para-hydroxylation sites is 1. The molecule has 0 bridgehead atoms. The van der Waals surface area contributed by atoms with Gasteiger partial charge in [0.25, 0.3) is 0 Å².